The Kier molecular flexibility index (Phi) is 2.57. The van der Waals surface area contributed by atoms with Crippen molar-refractivity contribution in [1.29, 1.82) is 0 Å². The van der Waals surface area contributed by atoms with Crippen molar-refractivity contribution in [2.24, 2.45) is 0 Å². The lowest BCUT2D eigenvalue weighted by Gasteiger charge is -2.13. The van der Waals surface area contributed by atoms with E-state index in [2.05, 4.69) is 9.55 Å². The molecule has 3 rings (SSSR count). The number of nitrogen functional groups attached to an aromatic ring is 1. The summed E-state index contributed by atoms with van der Waals surface area (Å²) in [7, 11) is 0. The Hall–Kier alpha value is -1.81. The van der Waals surface area contributed by atoms with E-state index in [0.717, 1.165) is 36.7 Å². The van der Waals surface area contributed by atoms with Gasteiger partial charge in [0.05, 0.1) is 12.6 Å². The first-order valence-corrected chi connectivity index (χ1v) is 5.81. The first-order chi connectivity index (χ1) is 8.34. The number of imidazole rings is 1. The maximum absolute atomic E-state index is 5.81. The van der Waals surface area contributed by atoms with Gasteiger partial charge in [0.25, 0.3) is 0 Å². The third-order valence-corrected chi connectivity index (χ3v) is 3.11. The van der Waals surface area contributed by atoms with E-state index in [9.17, 15) is 0 Å². The summed E-state index contributed by atoms with van der Waals surface area (Å²) in [5.74, 6) is 0.966. The van der Waals surface area contributed by atoms with E-state index in [0.29, 0.717) is 6.04 Å². The molecule has 2 aromatic rings. The lowest BCUT2D eigenvalue weighted by molar-refractivity contribution is 0.187. The minimum absolute atomic E-state index is 0.397. The zero-order valence-electron chi connectivity index (χ0n) is 9.54. The number of ether oxygens (including phenoxy) is 1. The second kappa shape index (κ2) is 4.22. The molecule has 0 aliphatic carbocycles. The average molecular weight is 229 g/mol. The fourth-order valence-corrected chi connectivity index (χ4v) is 2.25. The van der Waals surface area contributed by atoms with E-state index in [1.165, 1.54) is 0 Å². The smallest absolute Gasteiger partial charge is 0.140 e. The second-order valence-corrected chi connectivity index (χ2v) is 4.30. The molecule has 88 valence electrons. The lowest BCUT2D eigenvalue weighted by atomic mass is 10.1. The Balaban J connectivity index is 2.00. The zero-order chi connectivity index (χ0) is 11.7. The Morgan fingerprint density at radius 1 is 1.41 bits per heavy atom. The van der Waals surface area contributed by atoms with Crippen LogP contribution in [0.5, 0.6) is 0 Å². The van der Waals surface area contributed by atoms with Crippen molar-refractivity contribution in [2.45, 2.75) is 12.5 Å². The van der Waals surface area contributed by atoms with Crippen LogP contribution in [0.25, 0.3) is 11.4 Å². The highest BCUT2D eigenvalue weighted by molar-refractivity contribution is 5.61. The van der Waals surface area contributed by atoms with Crippen LogP contribution < -0.4 is 5.73 Å². The number of benzene rings is 1. The highest BCUT2D eigenvalue weighted by Gasteiger charge is 2.20. The molecular weight excluding hydrogens is 214 g/mol. The monoisotopic (exact) mass is 229 g/mol. The van der Waals surface area contributed by atoms with Crippen LogP contribution >= 0.6 is 0 Å². The van der Waals surface area contributed by atoms with E-state index in [1.54, 1.807) is 0 Å². The van der Waals surface area contributed by atoms with Crippen molar-refractivity contribution in [1.82, 2.24) is 9.55 Å². The van der Waals surface area contributed by atoms with E-state index in [-0.39, 0.29) is 0 Å². The van der Waals surface area contributed by atoms with Crippen molar-refractivity contribution in [2.75, 3.05) is 18.9 Å². The number of anilines is 1. The summed E-state index contributed by atoms with van der Waals surface area (Å²) < 4.78 is 7.60. The van der Waals surface area contributed by atoms with Gasteiger partial charge in [-0.1, -0.05) is 12.1 Å². The van der Waals surface area contributed by atoms with Gasteiger partial charge < -0.3 is 15.0 Å². The molecule has 1 aromatic heterocycles. The van der Waals surface area contributed by atoms with Crippen molar-refractivity contribution >= 4 is 5.69 Å². The van der Waals surface area contributed by atoms with Gasteiger partial charge in [-0.15, -0.1) is 0 Å². The third-order valence-electron chi connectivity index (χ3n) is 3.11. The maximum Gasteiger partial charge on any atom is 0.140 e. The summed E-state index contributed by atoms with van der Waals surface area (Å²) in [6, 6.07) is 8.22. The van der Waals surface area contributed by atoms with Gasteiger partial charge in [-0.2, -0.15) is 0 Å². The highest BCUT2D eigenvalue weighted by atomic mass is 16.5. The number of hydrogen-bond acceptors (Lipinski definition) is 3. The Bertz CT molecular complexity index is 515. The number of hydrogen-bond donors (Lipinski definition) is 1. The quantitative estimate of drug-likeness (QED) is 0.802. The predicted molar refractivity (Wildman–Crippen MR) is 66.5 cm³/mol. The number of nitrogens with two attached hydrogens (primary N) is 1. The van der Waals surface area contributed by atoms with Crippen molar-refractivity contribution in [3.63, 3.8) is 0 Å². The molecule has 0 spiro atoms. The molecule has 1 saturated heterocycles. The summed E-state index contributed by atoms with van der Waals surface area (Å²) in [5, 5.41) is 0. The molecule has 1 aliphatic heterocycles. The van der Waals surface area contributed by atoms with Crippen LogP contribution in [0.4, 0.5) is 5.69 Å². The lowest BCUT2D eigenvalue weighted by Crippen LogP contribution is -2.09. The molecule has 0 bridgehead atoms. The molecule has 4 nitrogen and oxygen atoms in total. The van der Waals surface area contributed by atoms with Gasteiger partial charge in [-0.3, -0.25) is 0 Å². The fraction of sp³-hybridized carbons (Fsp3) is 0.308. The molecule has 2 heterocycles. The number of aromatic nitrogens is 2. The molecular formula is C13H15N3O. The summed E-state index contributed by atoms with van der Waals surface area (Å²) in [4.78, 5) is 4.42. The fourth-order valence-electron chi connectivity index (χ4n) is 2.25. The van der Waals surface area contributed by atoms with Gasteiger partial charge in [0.15, 0.2) is 0 Å². The maximum atomic E-state index is 5.81. The Labute approximate surface area is 100 Å². The van der Waals surface area contributed by atoms with Crippen LogP contribution in [0.2, 0.25) is 0 Å². The van der Waals surface area contributed by atoms with E-state index < -0.39 is 0 Å². The number of nitrogens with zero attached hydrogens (tertiary/aromatic N) is 2. The molecule has 0 radical (unpaired) electrons. The molecule has 1 unspecified atom stereocenters. The van der Waals surface area contributed by atoms with Gasteiger partial charge in [0.1, 0.15) is 5.82 Å². The highest BCUT2D eigenvalue weighted by Crippen LogP contribution is 2.26. The second-order valence-electron chi connectivity index (χ2n) is 4.30. The standard InChI is InChI=1S/C13H15N3O/c14-11-3-1-2-10(8-11)13-15-5-6-16(13)12-4-7-17-9-12/h1-3,5-6,8,12H,4,7,9,14H2. The summed E-state index contributed by atoms with van der Waals surface area (Å²) >= 11 is 0. The minimum Gasteiger partial charge on any atom is -0.399 e. The summed E-state index contributed by atoms with van der Waals surface area (Å²) in [5.41, 5.74) is 7.63. The predicted octanol–water partition coefficient (Wildman–Crippen LogP) is 2.09. The van der Waals surface area contributed by atoms with Gasteiger partial charge >= 0.3 is 0 Å². The SMILES string of the molecule is Nc1cccc(-c2nccn2C2CCOC2)c1. The molecule has 4 heteroatoms. The van der Waals surface area contributed by atoms with Crippen LogP contribution in [-0.4, -0.2) is 22.8 Å². The van der Waals surface area contributed by atoms with E-state index in [4.69, 9.17) is 10.5 Å². The first kappa shape index (κ1) is 10.4. The van der Waals surface area contributed by atoms with Crippen LogP contribution in [-0.2, 0) is 4.74 Å². The Morgan fingerprint density at radius 3 is 3.12 bits per heavy atom. The molecule has 1 aromatic carbocycles. The Morgan fingerprint density at radius 2 is 2.35 bits per heavy atom. The van der Waals surface area contributed by atoms with Crippen LogP contribution in [0, 0.1) is 0 Å². The van der Waals surface area contributed by atoms with Gasteiger partial charge in [-0.25, -0.2) is 4.98 Å². The van der Waals surface area contributed by atoms with Gasteiger partial charge in [-0.05, 0) is 18.6 Å². The number of rotatable bonds is 2. The molecule has 1 aliphatic rings. The summed E-state index contributed by atoms with van der Waals surface area (Å²) in [6.45, 7) is 1.60. The van der Waals surface area contributed by atoms with E-state index in [1.807, 2.05) is 36.7 Å². The van der Waals surface area contributed by atoms with Crippen molar-refractivity contribution in [3.8, 4) is 11.4 Å². The largest absolute Gasteiger partial charge is 0.399 e. The van der Waals surface area contributed by atoms with Gasteiger partial charge in [0.2, 0.25) is 0 Å². The van der Waals surface area contributed by atoms with Crippen LogP contribution in [0.3, 0.4) is 0 Å². The molecule has 2 N–H and O–H groups in total. The van der Waals surface area contributed by atoms with Crippen molar-refractivity contribution < 1.29 is 4.74 Å². The molecule has 1 fully saturated rings. The molecule has 0 amide bonds. The first-order valence-electron chi connectivity index (χ1n) is 5.81. The van der Waals surface area contributed by atoms with E-state index >= 15 is 0 Å². The molecule has 17 heavy (non-hydrogen) atoms. The molecule has 1 atom stereocenters. The normalized spacial score (nSPS) is 19.6. The average Bonchev–Trinajstić information content (AvgIpc) is 3.00. The summed E-state index contributed by atoms with van der Waals surface area (Å²) in [6.07, 6.45) is 4.89. The molecule has 0 saturated carbocycles. The van der Waals surface area contributed by atoms with Crippen LogP contribution in [0.1, 0.15) is 12.5 Å². The van der Waals surface area contributed by atoms with Gasteiger partial charge in [0, 0.05) is 30.3 Å². The topological polar surface area (TPSA) is 53.1 Å². The van der Waals surface area contributed by atoms with Crippen molar-refractivity contribution in [3.05, 3.63) is 36.7 Å². The zero-order valence-corrected chi connectivity index (χ0v) is 9.54. The third kappa shape index (κ3) is 1.91. The van der Waals surface area contributed by atoms with Crippen LogP contribution in [0.15, 0.2) is 36.7 Å². The minimum atomic E-state index is 0.397.